The Balaban J connectivity index is 2.12. The molecule has 1 amide bonds. The summed E-state index contributed by atoms with van der Waals surface area (Å²) in [4.78, 5) is 14.1. The molecule has 116 valence electrons. The first-order valence-corrected chi connectivity index (χ1v) is 7.12. The number of nitrogens with zero attached hydrogens (tertiary/aromatic N) is 1. The Morgan fingerprint density at radius 2 is 2.38 bits per heavy atom. The highest BCUT2D eigenvalue weighted by Gasteiger charge is 2.22. The van der Waals surface area contributed by atoms with Gasteiger partial charge >= 0.3 is 0 Å². The number of carbonyl (C=O) groups excluding carboxylic acids is 1. The highest BCUT2D eigenvalue weighted by Crippen LogP contribution is 2.20. The summed E-state index contributed by atoms with van der Waals surface area (Å²) in [6.45, 7) is 1.66. The Bertz CT molecular complexity index is 490. The van der Waals surface area contributed by atoms with Crippen LogP contribution in [0.15, 0.2) is 18.2 Å². The number of hydrogen-bond acceptors (Lipinski definition) is 4. The van der Waals surface area contributed by atoms with Gasteiger partial charge in [-0.1, -0.05) is 0 Å². The zero-order valence-electron chi connectivity index (χ0n) is 12.1. The maximum absolute atomic E-state index is 13.4. The second-order valence-electron chi connectivity index (χ2n) is 5.12. The number of hydrogen-bond donors (Lipinski definition) is 2. The van der Waals surface area contributed by atoms with Crippen molar-refractivity contribution in [1.29, 1.82) is 0 Å². The maximum Gasteiger partial charge on any atom is 0.254 e. The van der Waals surface area contributed by atoms with Crippen LogP contribution in [0, 0.1) is 5.82 Å². The number of aliphatic hydroxyl groups is 1. The van der Waals surface area contributed by atoms with E-state index in [1.54, 1.807) is 4.90 Å². The average Bonchev–Trinajstić information content (AvgIpc) is 2.99. The molecule has 1 aromatic rings. The lowest BCUT2D eigenvalue weighted by Gasteiger charge is -2.25. The molecule has 1 unspecified atom stereocenters. The van der Waals surface area contributed by atoms with Gasteiger partial charge in [-0.25, -0.2) is 4.39 Å². The first-order valence-electron chi connectivity index (χ1n) is 7.12. The Hall–Kier alpha value is -1.66. The van der Waals surface area contributed by atoms with Gasteiger partial charge in [0.1, 0.15) is 0 Å². The van der Waals surface area contributed by atoms with Crippen molar-refractivity contribution in [2.45, 2.75) is 18.9 Å². The molecule has 21 heavy (non-hydrogen) atoms. The van der Waals surface area contributed by atoms with E-state index in [0.29, 0.717) is 12.1 Å². The summed E-state index contributed by atoms with van der Waals surface area (Å²) in [6.07, 6.45) is 2.11. The molecule has 0 radical (unpaired) electrons. The molecule has 0 bridgehead atoms. The van der Waals surface area contributed by atoms with E-state index >= 15 is 0 Å². The van der Waals surface area contributed by atoms with Gasteiger partial charge in [0, 0.05) is 24.7 Å². The number of benzene rings is 1. The van der Waals surface area contributed by atoms with Crippen molar-refractivity contribution in [2.75, 3.05) is 33.4 Å². The van der Waals surface area contributed by atoms with Crippen LogP contribution in [-0.2, 0) is 0 Å². The minimum Gasteiger partial charge on any atom is -0.494 e. The Morgan fingerprint density at radius 3 is 3.00 bits per heavy atom. The molecule has 1 aliphatic rings. The van der Waals surface area contributed by atoms with Crippen molar-refractivity contribution >= 4 is 5.91 Å². The van der Waals surface area contributed by atoms with Crippen molar-refractivity contribution in [3.63, 3.8) is 0 Å². The van der Waals surface area contributed by atoms with Gasteiger partial charge in [0.2, 0.25) is 0 Å². The van der Waals surface area contributed by atoms with Crippen LogP contribution in [0.1, 0.15) is 23.2 Å². The minimum atomic E-state index is -0.500. The van der Waals surface area contributed by atoms with Gasteiger partial charge in [0.05, 0.1) is 13.7 Å². The molecule has 1 aliphatic heterocycles. The first-order chi connectivity index (χ1) is 10.2. The fourth-order valence-electron chi connectivity index (χ4n) is 2.55. The van der Waals surface area contributed by atoms with Crippen LogP contribution < -0.4 is 10.1 Å². The summed E-state index contributed by atoms with van der Waals surface area (Å²) in [5, 5.41) is 12.5. The van der Waals surface area contributed by atoms with E-state index in [9.17, 15) is 9.18 Å². The van der Waals surface area contributed by atoms with Crippen LogP contribution in [0.25, 0.3) is 0 Å². The topological polar surface area (TPSA) is 61.8 Å². The van der Waals surface area contributed by atoms with E-state index in [4.69, 9.17) is 9.84 Å². The number of methoxy groups -OCH3 is 1. The van der Waals surface area contributed by atoms with Gasteiger partial charge in [0.25, 0.3) is 5.91 Å². The molecule has 0 aromatic heterocycles. The number of ether oxygens (including phenoxy) is 1. The molecule has 0 spiro atoms. The van der Waals surface area contributed by atoms with E-state index in [-0.39, 0.29) is 30.9 Å². The number of aliphatic hydroxyl groups excluding tert-OH is 1. The number of rotatable bonds is 6. The van der Waals surface area contributed by atoms with Crippen LogP contribution in [-0.4, -0.2) is 55.3 Å². The largest absolute Gasteiger partial charge is 0.494 e. The number of nitrogens with one attached hydrogen (secondary N) is 1. The predicted octanol–water partition coefficient (Wildman–Crippen LogP) is 1.02. The Kier molecular flexibility index (Phi) is 5.52. The summed E-state index contributed by atoms with van der Waals surface area (Å²) in [5.74, 6) is -0.681. The third-order valence-corrected chi connectivity index (χ3v) is 3.66. The van der Waals surface area contributed by atoms with Crippen LogP contribution in [0.3, 0.4) is 0 Å². The zero-order chi connectivity index (χ0) is 15.2. The summed E-state index contributed by atoms with van der Waals surface area (Å²) in [7, 11) is 1.36. The second kappa shape index (κ2) is 7.38. The van der Waals surface area contributed by atoms with E-state index in [2.05, 4.69) is 5.32 Å². The highest BCUT2D eigenvalue weighted by molar-refractivity contribution is 5.94. The fourth-order valence-corrected chi connectivity index (χ4v) is 2.55. The third-order valence-electron chi connectivity index (χ3n) is 3.66. The van der Waals surface area contributed by atoms with Gasteiger partial charge in [-0.2, -0.15) is 0 Å². The van der Waals surface area contributed by atoms with Gasteiger partial charge in [0.15, 0.2) is 11.6 Å². The lowest BCUT2D eigenvalue weighted by molar-refractivity contribution is 0.0706. The SMILES string of the molecule is COc1cc(C(=O)N(CCO)CC2CCCN2)ccc1F. The predicted molar refractivity (Wildman–Crippen MR) is 77.0 cm³/mol. The zero-order valence-corrected chi connectivity index (χ0v) is 12.1. The van der Waals surface area contributed by atoms with Crippen molar-refractivity contribution in [2.24, 2.45) is 0 Å². The molecule has 1 atom stereocenters. The fraction of sp³-hybridized carbons (Fsp3) is 0.533. The standard InChI is InChI=1S/C15H21FN2O3/c1-21-14-9-11(4-5-13(14)16)15(20)18(7-8-19)10-12-3-2-6-17-12/h4-5,9,12,17,19H,2-3,6-8,10H2,1H3. The molecular formula is C15H21FN2O3. The van der Waals surface area contributed by atoms with E-state index in [1.165, 1.54) is 25.3 Å². The molecule has 1 fully saturated rings. The lowest BCUT2D eigenvalue weighted by Crippen LogP contribution is -2.42. The molecule has 1 aromatic carbocycles. The van der Waals surface area contributed by atoms with Crippen LogP contribution in [0.2, 0.25) is 0 Å². The van der Waals surface area contributed by atoms with Crippen molar-refractivity contribution in [1.82, 2.24) is 10.2 Å². The molecule has 0 saturated carbocycles. The van der Waals surface area contributed by atoms with E-state index < -0.39 is 5.82 Å². The molecule has 2 rings (SSSR count). The molecular weight excluding hydrogens is 275 g/mol. The quantitative estimate of drug-likeness (QED) is 0.823. The first kappa shape index (κ1) is 15.7. The third kappa shape index (κ3) is 3.92. The highest BCUT2D eigenvalue weighted by atomic mass is 19.1. The Morgan fingerprint density at radius 1 is 1.57 bits per heavy atom. The molecule has 2 N–H and O–H groups in total. The number of halogens is 1. The molecule has 1 saturated heterocycles. The number of amides is 1. The van der Waals surface area contributed by atoms with Crippen molar-refractivity contribution in [3.05, 3.63) is 29.6 Å². The Labute approximate surface area is 123 Å². The van der Waals surface area contributed by atoms with Crippen molar-refractivity contribution in [3.8, 4) is 5.75 Å². The summed E-state index contributed by atoms with van der Waals surface area (Å²) in [5.41, 5.74) is 0.361. The van der Waals surface area contributed by atoms with E-state index in [1.807, 2.05) is 0 Å². The van der Waals surface area contributed by atoms with Crippen LogP contribution in [0.5, 0.6) is 5.75 Å². The second-order valence-corrected chi connectivity index (χ2v) is 5.12. The van der Waals surface area contributed by atoms with Gasteiger partial charge in [-0.15, -0.1) is 0 Å². The van der Waals surface area contributed by atoms with Crippen molar-refractivity contribution < 1.29 is 19.0 Å². The smallest absolute Gasteiger partial charge is 0.254 e. The van der Waals surface area contributed by atoms with E-state index in [0.717, 1.165) is 19.4 Å². The molecule has 1 heterocycles. The van der Waals surface area contributed by atoms with Gasteiger partial charge < -0.3 is 20.1 Å². The van der Waals surface area contributed by atoms with Gasteiger partial charge in [-0.3, -0.25) is 4.79 Å². The summed E-state index contributed by atoms with van der Waals surface area (Å²) < 4.78 is 18.3. The summed E-state index contributed by atoms with van der Waals surface area (Å²) in [6, 6.07) is 4.30. The monoisotopic (exact) mass is 296 g/mol. The molecule has 5 nitrogen and oxygen atoms in total. The van der Waals surface area contributed by atoms with Gasteiger partial charge in [-0.05, 0) is 37.6 Å². The molecule has 0 aliphatic carbocycles. The summed E-state index contributed by atoms with van der Waals surface area (Å²) >= 11 is 0. The normalized spacial score (nSPS) is 17.8. The van der Waals surface area contributed by atoms with Crippen LogP contribution >= 0.6 is 0 Å². The molecule has 6 heteroatoms. The lowest BCUT2D eigenvalue weighted by atomic mass is 10.1. The minimum absolute atomic E-state index is 0.0452. The number of carbonyl (C=O) groups is 1. The van der Waals surface area contributed by atoms with Crippen LogP contribution in [0.4, 0.5) is 4.39 Å². The average molecular weight is 296 g/mol. The maximum atomic E-state index is 13.4.